The highest BCUT2D eigenvalue weighted by Gasteiger charge is 2.59. The second-order valence-corrected chi connectivity index (χ2v) is 9.28. The van der Waals surface area contributed by atoms with Gasteiger partial charge in [-0.15, -0.1) is 0 Å². The van der Waals surface area contributed by atoms with Gasteiger partial charge in [-0.2, -0.15) is 0 Å². The Morgan fingerprint density at radius 2 is 1.79 bits per heavy atom. The number of hydrogen-bond donors (Lipinski definition) is 4. The molecule has 0 unspecified atom stereocenters. The summed E-state index contributed by atoms with van der Waals surface area (Å²) in [4.78, 5) is 0. The highest BCUT2D eigenvalue weighted by Crippen LogP contribution is 2.63. The van der Waals surface area contributed by atoms with Crippen LogP contribution in [-0.2, 0) is 0 Å². The molecule has 0 radical (unpaired) electrons. The summed E-state index contributed by atoms with van der Waals surface area (Å²) < 4.78 is 0. The second kappa shape index (κ2) is 6.71. The summed E-state index contributed by atoms with van der Waals surface area (Å²) in [5, 5.41) is 40.4. The van der Waals surface area contributed by atoms with Gasteiger partial charge >= 0.3 is 0 Å². The first-order valence-electron chi connectivity index (χ1n) is 9.34. The summed E-state index contributed by atoms with van der Waals surface area (Å²) in [7, 11) is 0. The molecule has 0 amide bonds. The largest absolute Gasteiger partial charge is 0.393 e. The van der Waals surface area contributed by atoms with Gasteiger partial charge in [-0.25, -0.2) is 0 Å². The second-order valence-electron chi connectivity index (χ2n) is 9.28. The Bertz CT molecular complexity index is 470. The van der Waals surface area contributed by atoms with Crippen LogP contribution in [0.3, 0.4) is 0 Å². The van der Waals surface area contributed by atoms with Gasteiger partial charge in [-0.1, -0.05) is 27.4 Å². The zero-order valence-electron chi connectivity index (χ0n) is 15.8. The summed E-state index contributed by atoms with van der Waals surface area (Å²) in [5.41, 5.74) is -0.291. The van der Waals surface area contributed by atoms with E-state index in [1.165, 1.54) is 0 Å². The molecular weight excluding hydrogens is 304 g/mol. The monoisotopic (exact) mass is 340 g/mol. The smallest absolute Gasteiger partial charge is 0.0978 e. The fourth-order valence-electron chi connectivity index (χ4n) is 5.78. The Labute approximate surface area is 146 Å². The Morgan fingerprint density at radius 3 is 2.38 bits per heavy atom. The molecule has 0 aromatic heterocycles. The molecule has 0 bridgehead atoms. The molecule has 0 spiro atoms. The fraction of sp³-hybridized carbons (Fsp3) is 0.900. The Morgan fingerprint density at radius 1 is 1.17 bits per heavy atom. The molecule has 0 aromatic rings. The average Bonchev–Trinajstić information content (AvgIpc) is 2.49. The highest BCUT2D eigenvalue weighted by molar-refractivity contribution is 5.11. The lowest BCUT2D eigenvalue weighted by molar-refractivity contribution is -0.195. The molecule has 2 aliphatic rings. The molecular formula is C20H36O4. The van der Waals surface area contributed by atoms with Crippen LogP contribution in [0.4, 0.5) is 0 Å². The predicted molar refractivity (Wildman–Crippen MR) is 95.4 cm³/mol. The van der Waals surface area contributed by atoms with Crippen molar-refractivity contribution in [3.8, 4) is 0 Å². The molecule has 2 saturated carbocycles. The first-order chi connectivity index (χ1) is 11.0. The number of rotatable bonds is 5. The predicted octanol–water partition coefficient (Wildman–Crippen LogP) is 2.64. The van der Waals surface area contributed by atoms with Crippen LogP contribution in [0.25, 0.3) is 0 Å². The van der Waals surface area contributed by atoms with E-state index in [4.69, 9.17) is 5.11 Å². The third kappa shape index (κ3) is 3.31. The van der Waals surface area contributed by atoms with Crippen molar-refractivity contribution in [3.05, 3.63) is 12.2 Å². The summed E-state index contributed by atoms with van der Waals surface area (Å²) >= 11 is 0. The van der Waals surface area contributed by atoms with Crippen LogP contribution >= 0.6 is 0 Å². The number of fused-ring (bicyclic) bond motifs is 1. The van der Waals surface area contributed by atoms with Crippen LogP contribution in [0.15, 0.2) is 12.2 Å². The molecule has 24 heavy (non-hydrogen) atoms. The Balaban J connectivity index is 2.24. The molecule has 2 aliphatic carbocycles. The summed E-state index contributed by atoms with van der Waals surface area (Å²) in [6.45, 7) is 12.1. The van der Waals surface area contributed by atoms with Crippen molar-refractivity contribution in [2.45, 2.75) is 84.0 Å². The maximum absolute atomic E-state index is 11.1. The van der Waals surface area contributed by atoms with E-state index in [-0.39, 0.29) is 29.5 Å². The molecule has 6 atom stereocenters. The maximum Gasteiger partial charge on any atom is 0.0978 e. The van der Waals surface area contributed by atoms with E-state index in [9.17, 15) is 15.3 Å². The standard InChI is InChI=1S/C20H36O4/c1-13(14(22)12-21)6-7-16-19(4)10-9-17(23)18(2,3)15(19)8-11-20(16,5)24/h14-17,21-24H,1,6-12H2,2-5H3/t14-,15+,16-,17-,19+,20+/m0/s1. The van der Waals surface area contributed by atoms with Crippen molar-refractivity contribution in [3.63, 3.8) is 0 Å². The van der Waals surface area contributed by atoms with Crippen LogP contribution in [0.5, 0.6) is 0 Å². The van der Waals surface area contributed by atoms with Gasteiger partial charge < -0.3 is 20.4 Å². The van der Waals surface area contributed by atoms with Crippen molar-refractivity contribution < 1.29 is 20.4 Å². The van der Waals surface area contributed by atoms with E-state index >= 15 is 0 Å². The average molecular weight is 341 g/mol. The van der Waals surface area contributed by atoms with E-state index in [0.29, 0.717) is 17.9 Å². The molecule has 2 rings (SSSR count). The third-order valence-electron chi connectivity index (χ3n) is 7.39. The number of aliphatic hydroxyl groups excluding tert-OH is 3. The summed E-state index contributed by atoms with van der Waals surface area (Å²) in [5.74, 6) is 0.466. The SMILES string of the molecule is C=C(CC[C@H]1[C@]2(C)CC[C@H](O)C(C)(C)[C@H]2CC[C@@]1(C)O)[C@@H](O)CO. The van der Waals surface area contributed by atoms with Gasteiger partial charge in [0.15, 0.2) is 0 Å². The maximum atomic E-state index is 11.1. The van der Waals surface area contributed by atoms with Gasteiger partial charge in [-0.3, -0.25) is 0 Å². The number of hydrogen-bond acceptors (Lipinski definition) is 4. The summed E-state index contributed by atoms with van der Waals surface area (Å²) in [6.07, 6.45) is 3.55. The third-order valence-corrected chi connectivity index (χ3v) is 7.39. The van der Waals surface area contributed by atoms with Gasteiger partial charge in [0.1, 0.15) is 0 Å². The van der Waals surface area contributed by atoms with Gasteiger partial charge in [-0.05, 0) is 73.7 Å². The Kier molecular flexibility index (Phi) is 5.57. The van der Waals surface area contributed by atoms with E-state index in [1.54, 1.807) is 0 Å². The molecule has 0 aromatic carbocycles. The minimum Gasteiger partial charge on any atom is -0.393 e. The quantitative estimate of drug-likeness (QED) is 0.580. The molecule has 0 heterocycles. The van der Waals surface area contributed by atoms with E-state index in [0.717, 1.165) is 32.1 Å². The Hall–Kier alpha value is -0.420. The van der Waals surface area contributed by atoms with Crippen molar-refractivity contribution in [1.29, 1.82) is 0 Å². The minimum atomic E-state index is -0.883. The van der Waals surface area contributed by atoms with Gasteiger partial charge in [0, 0.05) is 0 Å². The zero-order chi connectivity index (χ0) is 18.3. The fourth-order valence-corrected chi connectivity index (χ4v) is 5.78. The molecule has 4 nitrogen and oxygen atoms in total. The molecule has 0 aliphatic heterocycles. The summed E-state index contributed by atoms with van der Waals surface area (Å²) in [6, 6.07) is 0. The van der Waals surface area contributed by atoms with Crippen LogP contribution < -0.4 is 0 Å². The van der Waals surface area contributed by atoms with Crippen molar-refractivity contribution in [2.24, 2.45) is 22.7 Å². The molecule has 4 heteroatoms. The molecule has 2 fully saturated rings. The molecule has 4 N–H and O–H groups in total. The van der Waals surface area contributed by atoms with Crippen LogP contribution in [0.2, 0.25) is 0 Å². The van der Waals surface area contributed by atoms with Crippen molar-refractivity contribution in [2.75, 3.05) is 6.61 Å². The van der Waals surface area contributed by atoms with E-state index in [1.807, 2.05) is 6.92 Å². The van der Waals surface area contributed by atoms with Crippen LogP contribution in [0.1, 0.15) is 66.2 Å². The van der Waals surface area contributed by atoms with Crippen molar-refractivity contribution in [1.82, 2.24) is 0 Å². The number of aliphatic hydroxyl groups is 4. The molecule has 140 valence electrons. The lowest BCUT2D eigenvalue weighted by Gasteiger charge is -2.62. The zero-order valence-corrected chi connectivity index (χ0v) is 15.8. The first-order valence-corrected chi connectivity index (χ1v) is 9.34. The first kappa shape index (κ1) is 19.9. The topological polar surface area (TPSA) is 80.9 Å². The highest BCUT2D eigenvalue weighted by atomic mass is 16.3. The minimum absolute atomic E-state index is 0.0328. The van der Waals surface area contributed by atoms with Gasteiger partial charge in [0.25, 0.3) is 0 Å². The lowest BCUT2D eigenvalue weighted by Crippen LogP contribution is -2.60. The van der Waals surface area contributed by atoms with E-state index < -0.39 is 11.7 Å². The normalized spacial score (nSPS) is 43.1. The van der Waals surface area contributed by atoms with E-state index in [2.05, 4.69) is 27.4 Å². The van der Waals surface area contributed by atoms with Gasteiger partial charge in [0.05, 0.1) is 24.4 Å². The lowest BCUT2D eigenvalue weighted by atomic mass is 9.44. The van der Waals surface area contributed by atoms with Crippen LogP contribution in [-0.4, -0.2) is 44.8 Å². The van der Waals surface area contributed by atoms with Crippen molar-refractivity contribution >= 4 is 0 Å². The molecule has 0 saturated heterocycles. The van der Waals surface area contributed by atoms with Gasteiger partial charge in [0.2, 0.25) is 0 Å². The van der Waals surface area contributed by atoms with Crippen LogP contribution in [0, 0.1) is 22.7 Å².